The zero-order valence-corrected chi connectivity index (χ0v) is 24.4. The van der Waals surface area contributed by atoms with Crippen molar-refractivity contribution >= 4 is 28.4 Å². The van der Waals surface area contributed by atoms with Gasteiger partial charge in [0.15, 0.2) is 11.4 Å². The van der Waals surface area contributed by atoms with E-state index in [1.807, 2.05) is 6.07 Å². The largest absolute Gasteiger partial charge is 0.417 e. The van der Waals surface area contributed by atoms with Crippen molar-refractivity contribution in [3.63, 3.8) is 0 Å². The molecule has 1 N–H and O–H groups in total. The Morgan fingerprint density at radius 1 is 1.20 bits per heavy atom. The van der Waals surface area contributed by atoms with Crippen LogP contribution in [0.15, 0.2) is 18.2 Å². The molecule has 0 aliphatic heterocycles. The Kier molecular flexibility index (Phi) is 8.07. The second kappa shape index (κ2) is 10.8. The van der Waals surface area contributed by atoms with E-state index in [-0.39, 0.29) is 42.4 Å². The fourth-order valence-corrected chi connectivity index (χ4v) is 9.16. The van der Waals surface area contributed by atoms with Gasteiger partial charge >= 0.3 is 6.18 Å². The van der Waals surface area contributed by atoms with Gasteiger partial charge in [-0.2, -0.15) is 13.2 Å². The van der Waals surface area contributed by atoms with Crippen molar-refractivity contribution in [2.24, 2.45) is 34.5 Å². The number of nitrogens with zero attached hydrogens (tertiary/aromatic N) is 3. The molecule has 0 spiro atoms. The zero-order valence-electron chi connectivity index (χ0n) is 23.6. The Balaban J connectivity index is 1.35. The van der Waals surface area contributed by atoms with Gasteiger partial charge in [-0.05, 0) is 105 Å². The average Bonchev–Trinajstić information content (AvgIpc) is 3.47. The number of carbonyl (C=O) groups is 1. The lowest BCUT2D eigenvalue weighted by atomic mass is 9.48. The highest BCUT2D eigenvalue weighted by Crippen LogP contribution is 2.65. The SMILES string of the molecule is CCC(O)(CC[C@@]1(COC)CCC[C@@H]2[C@@H]1CC[C@]1(C)[C@@H](C(=O)Cn3nnc4cc(Cl)ccc43)CC[C@@H]21)C(F)(F)F. The number of Topliss-reactive ketones (excluding diaryl/α,β-unsaturated/α-hetero) is 1. The van der Waals surface area contributed by atoms with Crippen molar-refractivity contribution in [1.29, 1.82) is 0 Å². The van der Waals surface area contributed by atoms with E-state index in [2.05, 4.69) is 17.2 Å². The van der Waals surface area contributed by atoms with Crippen LogP contribution in [-0.2, 0) is 16.1 Å². The molecular weight excluding hydrogens is 543 g/mol. The van der Waals surface area contributed by atoms with E-state index in [0.29, 0.717) is 35.4 Å². The Labute approximate surface area is 239 Å². The molecule has 3 fully saturated rings. The van der Waals surface area contributed by atoms with Crippen LogP contribution in [0.5, 0.6) is 0 Å². The van der Waals surface area contributed by atoms with Gasteiger partial charge in [0, 0.05) is 18.1 Å². The zero-order chi connectivity index (χ0) is 28.9. The van der Waals surface area contributed by atoms with Crippen LogP contribution in [0.1, 0.15) is 78.1 Å². The minimum atomic E-state index is -4.66. The van der Waals surface area contributed by atoms with E-state index in [9.17, 15) is 23.1 Å². The normalized spacial score (nSPS) is 33.9. The molecule has 0 saturated heterocycles. The number of benzene rings is 1. The van der Waals surface area contributed by atoms with E-state index in [1.165, 1.54) is 6.92 Å². The second-order valence-electron chi connectivity index (χ2n) is 13.0. The van der Waals surface area contributed by atoms with Crippen molar-refractivity contribution in [3.05, 3.63) is 23.2 Å². The average molecular weight is 584 g/mol. The van der Waals surface area contributed by atoms with Crippen molar-refractivity contribution in [3.8, 4) is 0 Å². The van der Waals surface area contributed by atoms with Gasteiger partial charge in [-0.25, -0.2) is 4.68 Å². The van der Waals surface area contributed by atoms with Crippen LogP contribution in [0.4, 0.5) is 13.2 Å². The molecule has 3 saturated carbocycles. The number of aromatic nitrogens is 3. The van der Waals surface area contributed by atoms with Crippen LogP contribution in [-0.4, -0.2) is 51.4 Å². The summed E-state index contributed by atoms with van der Waals surface area (Å²) in [6.07, 6.45) is 1.26. The van der Waals surface area contributed by atoms with Gasteiger partial charge in [0.05, 0.1) is 12.1 Å². The van der Waals surface area contributed by atoms with Crippen LogP contribution in [0.25, 0.3) is 11.0 Å². The minimum absolute atomic E-state index is 0.0841. The van der Waals surface area contributed by atoms with E-state index in [4.69, 9.17) is 16.3 Å². The van der Waals surface area contributed by atoms with Crippen molar-refractivity contribution in [1.82, 2.24) is 15.0 Å². The predicted octanol–water partition coefficient (Wildman–Crippen LogP) is 7.01. The summed E-state index contributed by atoms with van der Waals surface area (Å²) in [5.74, 6) is 0.999. The van der Waals surface area contributed by atoms with Crippen LogP contribution >= 0.6 is 11.6 Å². The quantitative estimate of drug-likeness (QED) is 0.343. The molecule has 6 nitrogen and oxygen atoms in total. The number of carbonyl (C=O) groups excluding carboxylic acids is 1. The number of halogens is 4. The van der Waals surface area contributed by atoms with Gasteiger partial charge in [-0.1, -0.05) is 37.1 Å². The van der Waals surface area contributed by atoms with Crippen molar-refractivity contribution < 1.29 is 27.8 Å². The first-order valence-corrected chi connectivity index (χ1v) is 15.0. The van der Waals surface area contributed by atoms with Gasteiger partial charge in [-0.3, -0.25) is 4.79 Å². The lowest BCUT2D eigenvalue weighted by Crippen LogP contribution is -2.53. The van der Waals surface area contributed by atoms with E-state index < -0.39 is 17.2 Å². The molecule has 0 bridgehead atoms. The van der Waals surface area contributed by atoms with Gasteiger partial charge < -0.3 is 9.84 Å². The molecule has 1 heterocycles. The molecule has 10 heteroatoms. The van der Waals surface area contributed by atoms with Crippen LogP contribution in [0.3, 0.4) is 0 Å². The third-order valence-electron chi connectivity index (χ3n) is 11.2. The Bertz CT molecular complexity index is 1230. The summed E-state index contributed by atoms with van der Waals surface area (Å²) in [6.45, 7) is 4.23. The molecular formula is C30H41ClF3N3O3. The van der Waals surface area contributed by atoms with Crippen molar-refractivity contribution in [2.75, 3.05) is 13.7 Å². The maximum Gasteiger partial charge on any atom is 0.417 e. The van der Waals surface area contributed by atoms with E-state index in [1.54, 1.807) is 23.9 Å². The number of ketones is 1. The van der Waals surface area contributed by atoms with Gasteiger partial charge in [-0.15, -0.1) is 5.10 Å². The van der Waals surface area contributed by atoms with Crippen LogP contribution in [0, 0.1) is 34.5 Å². The van der Waals surface area contributed by atoms with Crippen LogP contribution in [0.2, 0.25) is 5.02 Å². The molecule has 5 rings (SSSR count). The van der Waals surface area contributed by atoms with Gasteiger partial charge in [0.25, 0.3) is 0 Å². The van der Waals surface area contributed by atoms with Gasteiger partial charge in [0.1, 0.15) is 12.1 Å². The fourth-order valence-electron chi connectivity index (χ4n) is 9.00. The summed E-state index contributed by atoms with van der Waals surface area (Å²) < 4.78 is 48.6. The van der Waals surface area contributed by atoms with Crippen molar-refractivity contribution in [2.45, 2.75) is 96.4 Å². The molecule has 1 aromatic heterocycles. The third kappa shape index (κ3) is 4.98. The molecule has 222 valence electrons. The number of alkyl halides is 3. The summed E-state index contributed by atoms with van der Waals surface area (Å²) in [4.78, 5) is 13.7. The van der Waals surface area contributed by atoms with Crippen LogP contribution < -0.4 is 0 Å². The number of fused-ring (bicyclic) bond motifs is 4. The molecule has 2 aromatic rings. The first kappa shape index (κ1) is 29.8. The highest BCUT2D eigenvalue weighted by molar-refractivity contribution is 6.31. The lowest BCUT2D eigenvalue weighted by molar-refractivity contribution is -0.267. The Morgan fingerprint density at radius 2 is 1.98 bits per heavy atom. The van der Waals surface area contributed by atoms with Gasteiger partial charge in [0.2, 0.25) is 0 Å². The minimum Gasteiger partial charge on any atom is -0.384 e. The van der Waals surface area contributed by atoms with E-state index in [0.717, 1.165) is 50.5 Å². The fraction of sp³-hybridized carbons (Fsp3) is 0.767. The number of hydrogen-bond acceptors (Lipinski definition) is 5. The highest BCUT2D eigenvalue weighted by Gasteiger charge is 2.61. The molecule has 1 aromatic carbocycles. The smallest absolute Gasteiger partial charge is 0.384 e. The molecule has 0 amide bonds. The molecule has 7 atom stereocenters. The Morgan fingerprint density at radius 3 is 2.67 bits per heavy atom. The maximum absolute atomic E-state index is 13.8. The summed E-state index contributed by atoms with van der Waals surface area (Å²) in [5, 5.41) is 19.5. The summed E-state index contributed by atoms with van der Waals surface area (Å²) >= 11 is 6.08. The molecule has 1 unspecified atom stereocenters. The lowest BCUT2D eigenvalue weighted by Gasteiger charge is -2.57. The first-order chi connectivity index (χ1) is 18.9. The first-order valence-electron chi connectivity index (χ1n) is 14.7. The standard InChI is InChI=1S/C30H41ClF3N3O3/c1-4-29(39,30(32,33)34)15-14-28(18-40-3)12-5-6-20-21-8-9-23(27(21,2)13-11-22(20)28)26(38)17-37-25-10-7-19(31)16-24(25)35-36-37/h7,10,16,20-23,39H,4-6,8-9,11-15,17-18H2,1-3H3/t20-,21-,22-,23+,27-,28+,29?/m0/s1. The molecule has 3 aliphatic rings. The topological polar surface area (TPSA) is 77.2 Å². The number of hydrogen-bond donors (Lipinski definition) is 1. The van der Waals surface area contributed by atoms with E-state index >= 15 is 0 Å². The number of aliphatic hydroxyl groups is 1. The molecule has 3 aliphatic carbocycles. The predicted molar refractivity (Wildman–Crippen MR) is 147 cm³/mol. The third-order valence-corrected chi connectivity index (χ3v) is 11.4. The second-order valence-corrected chi connectivity index (χ2v) is 13.4. The summed E-state index contributed by atoms with van der Waals surface area (Å²) in [5.41, 5.74) is -1.77. The maximum atomic E-state index is 13.8. The Hall–Kier alpha value is -1.71. The monoisotopic (exact) mass is 583 g/mol. The number of ether oxygens (including phenoxy) is 1. The summed E-state index contributed by atoms with van der Waals surface area (Å²) in [7, 11) is 1.63. The highest BCUT2D eigenvalue weighted by atomic mass is 35.5. The number of methoxy groups -OCH3 is 1. The summed E-state index contributed by atoms with van der Waals surface area (Å²) in [6, 6.07) is 5.35. The molecule has 40 heavy (non-hydrogen) atoms. The number of rotatable bonds is 9. The molecule has 0 radical (unpaired) electrons.